The summed E-state index contributed by atoms with van der Waals surface area (Å²) in [5, 5.41) is 7.01. The first-order valence-corrected chi connectivity index (χ1v) is 11.6. The van der Waals surface area contributed by atoms with Crippen molar-refractivity contribution in [2.45, 2.75) is 39.7 Å². The van der Waals surface area contributed by atoms with Crippen LogP contribution in [0.15, 0.2) is 54.6 Å². The predicted molar refractivity (Wildman–Crippen MR) is 136 cm³/mol. The number of halogens is 2. The summed E-state index contributed by atoms with van der Waals surface area (Å²) in [6, 6.07) is 16.3. The Morgan fingerprint density at radius 1 is 0.970 bits per heavy atom. The van der Waals surface area contributed by atoms with Crippen LogP contribution in [-0.4, -0.2) is 20.6 Å². The van der Waals surface area contributed by atoms with Gasteiger partial charge in [0.15, 0.2) is 5.65 Å². The van der Waals surface area contributed by atoms with Crippen LogP contribution in [0.2, 0.25) is 10.0 Å². The first kappa shape index (κ1) is 23.1. The molecular formula is C25H25Cl2N5O. The van der Waals surface area contributed by atoms with Crippen molar-refractivity contribution < 1.29 is 4.79 Å². The molecule has 0 aliphatic heterocycles. The molecule has 2 aromatic carbocycles. The fourth-order valence-corrected chi connectivity index (χ4v) is 3.85. The number of carbonyl (C=O) groups is 1. The molecule has 170 valence electrons. The van der Waals surface area contributed by atoms with Crippen LogP contribution in [0, 0.1) is 6.92 Å². The number of imidazole rings is 1. The third-order valence-corrected chi connectivity index (χ3v) is 5.85. The smallest absolute Gasteiger partial charge is 0.308 e. The molecule has 2 aromatic heterocycles. The fourth-order valence-electron chi connectivity index (χ4n) is 3.59. The van der Waals surface area contributed by atoms with Crippen LogP contribution in [0.4, 0.5) is 16.2 Å². The normalized spacial score (nSPS) is 11.0. The van der Waals surface area contributed by atoms with Crippen molar-refractivity contribution in [3.05, 3.63) is 81.7 Å². The highest BCUT2D eigenvalue weighted by Crippen LogP contribution is 2.24. The van der Waals surface area contributed by atoms with Crippen LogP contribution in [0.5, 0.6) is 0 Å². The molecule has 6 nitrogen and oxygen atoms in total. The molecule has 0 fully saturated rings. The van der Waals surface area contributed by atoms with E-state index in [1.54, 1.807) is 24.3 Å². The molecule has 0 aliphatic rings. The maximum atomic E-state index is 12.5. The van der Waals surface area contributed by atoms with Crippen LogP contribution in [0.25, 0.3) is 11.2 Å². The van der Waals surface area contributed by atoms with Gasteiger partial charge in [0.25, 0.3) is 0 Å². The van der Waals surface area contributed by atoms with Crippen LogP contribution in [0.3, 0.4) is 0 Å². The van der Waals surface area contributed by atoms with Crippen LogP contribution >= 0.6 is 23.2 Å². The standard InChI is InChI=1S/C25H25Cl2N5O/c1-3-4-5-23-30-22-14-21(31-25(33)29-20-12-10-19(27)11-13-20)16(2)28-24(22)32(23)15-17-6-8-18(26)9-7-17/h6-14H,3-5,15H2,1-2H3,(H2,29,31,33). The monoisotopic (exact) mass is 481 g/mol. The number of carbonyl (C=O) groups excluding carboxylic acids is 1. The van der Waals surface area contributed by atoms with Crippen molar-refractivity contribution in [3.63, 3.8) is 0 Å². The number of urea groups is 1. The maximum Gasteiger partial charge on any atom is 0.323 e. The molecule has 0 aliphatic carbocycles. The molecule has 0 saturated heterocycles. The lowest BCUT2D eigenvalue weighted by Gasteiger charge is -2.11. The lowest BCUT2D eigenvalue weighted by molar-refractivity contribution is 0.262. The molecule has 2 heterocycles. The molecule has 0 radical (unpaired) electrons. The molecule has 0 spiro atoms. The van der Waals surface area contributed by atoms with Gasteiger partial charge in [-0.1, -0.05) is 48.7 Å². The largest absolute Gasteiger partial charge is 0.323 e. The third kappa shape index (κ3) is 5.64. The maximum absolute atomic E-state index is 12.5. The molecule has 0 unspecified atom stereocenters. The molecule has 0 saturated carbocycles. The molecule has 8 heteroatoms. The zero-order chi connectivity index (χ0) is 23.4. The summed E-state index contributed by atoms with van der Waals surface area (Å²) in [6.45, 7) is 4.70. The van der Waals surface area contributed by atoms with E-state index in [9.17, 15) is 4.79 Å². The van der Waals surface area contributed by atoms with Gasteiger partial charge in [-0.3, -0.25) is 0 Å². The van der Waals surface area contributed by atoms with Crippen molar-refractivity contribution in [1.82, 2.24) is 14.5 Å². The lowest BCUT2D eigenvalue weighted by atomic mass is 10.2. The molecule has 0 bridgehead atoms. The van der Waals surface area contributed by atoms with Gasteiger partial charge in [-0.05, 0) is 61.4 Å². The van der Waals surface area contributed by atoms with Crippen molar-refractivity contribution in [2.75, 3.05) is 10.6 Å². The Kier molecular flexibility index (Phi) is 7.16. The Hall–Kier alpha value is -3.09. The summed E-state index contributed by atoms with van der Waals surface area (Å²) < 4.78 is 2.15. The number of benzene rings is 2. The van der Waals surface area contributed by atoms with Gasteiger partial charge < -0.3 is 15.2 Å². The Morgan fingerprint density at radius 2 is 1.64 bits per heavy atom. The summed E-state index contributed by atoms with van der Waals surface area (Å²) in [4.78, 5) is 22.2. The van der Waals surface area contributed by atoms with Gasteiger partial charge in [0.05, 0.1) is 17.9 Å². The number of nitrogens with zero attached hydrogens (tertiary/aromatic N) is 3. The van der Waals surface area contributed by atoms with E-state index in [0.29, 0.717) is 33.7 Å². The van der Waals surface area contributed by atoms with Gasteiger partial charge in [-0.2, -0.15) is 0 Å². The summed E-state index contributed by atoms with van der Waals surface area (Å²) in [7, 11) is 0. The number of nitrogens with one attached hydrogen (secondary N) is 2. The number of rotatable bonds is 7. The Bertz CT molecular complexity index is 1270. The van der Waals surface area contributed by atoms with Crippen molar-refractivity contribution in [3.8, 4) is 0 Å². The average Bonchev–Trinajstić information content (AvgIpc) is 3.11. The van der Waals surface area contributed by atoms with Gasteiger partial charge in [0.2, 0.25) is 0 Å². The number of aromatic nitrogens is 3. The number of fused-ring (bicyclic) bond motifs is 1. The summed E-state index contributed by atoms with van der Waals surface area (Å²) in [5.74, 6) is 0.983. The molecule has 2 amide bonds. The van der Waals surface area contributed by atoms with Crippen LogP contribution < -0.4 is 10.6 Å². The quantitative estimate of drug-likeness (QED) is 0.296. The van der Waals surface area contributed by atoms with E-state index >= 15 is 0 Å². The summed E-state index contributed by atoms with van der Waals surface area (Å²) in [5.41, 5.74) is 4.66. The first-order valence-electron chi connectivity index (χ1n) is 10.9. The third-order valence-electron chi connectivity index (χ3n) is 5.35. The van der Waals surface area contributed by atoms with Gasteiger partial charge in [0.1, 0.15) is 11.3 Å². The molecule has 4 aromatic rings. The highest BCUT2D eigenvalue weighted by Gasteiger charge is 2.16. The number of hydrogen-bond donors (Lipinski definition) is 2. The molecule has 0 atom stereocenters. The minimum atomic E-state index is -0.353. The highest BCUT2D eigenvalue weighted by atomic mass is 35.5. The second-order valence-corrected chi connectivity index (χ2v) is 8.77. The van der Waals surface area contributed by atoms with E-state index in [2.05, 4.69) is 22.1 Å². The summed E-state index contributed by atoms with van der Waals surface area (Å²) in [6.07, 6.45) is 2.98. The fraction of sp³-hybridized carbons (Fsp3) is 0.240. The summed E-state index contributed by atoms with van der Waals surface area (Å²) >= 11 is 12.0. The van der Waals surface area contributed by atoms with Crippen molar-refractivity contribution in [2.24, 2.45) is 0 Å². The second kappa shape index (κ2) is 10.2. The van der Waals surface area contributed by atoms with E-state index in [1.165, 1.54) is 0 Å². The Morgan fingerprint density at radius 3 is 2.30 bits per heavy atom. The van der Waals surface area contributed by atoms with Crippen LogP contribution in [-0.2, 0) is 13.0 Å². The van der Waals surface area contributed by atoms with Crippen molar-refractivity contribution in [1.29, 1.82) is 0 Å². The average molecular weight is 482 g/mol. The molecule has 2 N–H and O–H groups in total. The zero-order valence-corrected chi connectivity index (χ0v) is 20.0. The Labute approximate surface area is 203 Å². The first-order chi connectivity index (χ1) is 15.9. The number of aryl methyl sites for hydroxylation is 2. The van der Waals surface area contributed by atoms with E-state index in [4.69, 9.17) is 33.2 Å². The lowest BCUT2D eigenvalue weighted by Crippen LogP contribution is -2.20. The Balaban J connectivity index is 1.62. The van der Waals surface area contributed by atoms with E-state index in [-0.39, 0.29) is 6.03 Å². The number of hydrogen-bond acceptors (Lipinski definition) is 3. The topological polar surface area (TPSA) is 71.8 Å². The minimum Gasteiger partial charge on any atom is -0.308 e. The number of unbranched alkanes of at least 4 members (excludes halogenated alkanes) is 1. The van der Waals surface area contributed by atoms with E-state index in [1.807, 2.05) is 37.3 Å². The zero-order valence-electron chi connectivity index (χ0n) is 18.5. The van der Waals surface area contributed by atoms with Crippen molar-refractivity contribution >= 4 is 51.8 Å². The van der Waals surface area contributed by atoms with Gasteiger partial charge in [0, 0.05) is 22.2 Å². The SMILES string of the molecule is CCCCc1nc2cc(NC(=O)Nc3ccc(Cl)cc3)c(C)nc2n1Cc1ccc(Cl)cc1. The number of amides is 2. The minimum absolute atomic E-state index is 0.353. The highest BCUT2D eigenvalue weighted by molar-refractivity contribution is 6.30. The van der Waals surface area contributed by atoms with Gasteiger partial charge in [-0.25, -0.2) is 14.8 Å². The van der Waals surface area contributed by atoms with E-state index in [0.717, 1.165) is 41.8 Å². The van der Waals surface area contributed by atoms with Crippen LogP contribution in [0.1, 0.15) is 36.8 Å². The van der Waals surface area contributed by atoms with Gasteiger partial charge in [-0.15, -0.1) is 0 Å². The molecular weight excluding hydrogens is 457 g/mol. The van der Waals surface area contributed by atoms with E-state index < -0.39 is 0 Å². The number of anilines is 2. The molecule has 4 rings (SSSR count). The predicted octanol–water partition coefficient (Wildman–Crippen LogP) is 7.08. The number of pyridine rings is 1. The van der Waals surface area contributed by atoms with Gasteiger partial charge >= 0.3 is 6.03 Å². The second-order valence-electron chi connectivity index (χ2n) is 7.89. The molecule has 33 heavy (non-hydrogen) atoms.